The molecule has 132 valence electrons. The van der Waals surface area contributed by atoms with Crippen LogP contribution in [0.1, 0.15) is 16.5 Å². The number of hydrogen-bond acceptors (Lipinski definition) is 4. The van der Waals surface area contributed by atoms with Crippen LogP contribution < -0.4 is 4.72 Å². The molecule has 9 heteroatoms. The lowest BCUT2D eigenvalue weighted by Crippen LogP contribution is -2.35. The fourth-order valence-corrected chi connectivity index (χ4v) is 4.41. The van der Waals surface area contributed by atoms with Gasteiger partial charge >= 0.3 is 6.18 Å². The van der Waals surface area contributed by atoms with E-state index in [2.05, 4.69) is 4.72 Å². The number of benzene rings is 1. The molecule has 1 heterocycles. The van der Waals surface area contributed by atoms with Crippen molar-refractivity contribution in [3.05, 3.63) is 52.2 Å². The van der Waals surface area contributed by atoms with Crippen molar-refractivity contribution in [2.45, 2.75) is 17.1 Å². The molecule has 0 bridgehead atoms. The van der Waals surface area contributed by atoms with Crippen LogP contribution in [0, 0.1) is 0 Å². The summed E-state index contributed by atoms with van der Waals surface area (Å²) >= 11 is 1.46. The van der Waals surface area contributed by atoms with Crippen molar-refractivity contribution in [1.29, 1.82) is 0 Å². The fourth-order valence-electron chi connectivity index (χ4n) is 2.22. The maximum atomic E-state index is 13.0. The molecular formula is C15H17F3N2O2S2. The second-order valence-electron chi connectivity index (χ2n) is 5.34. The number of thiophene rings is 1. The predicted molar refractivity (Wildman–Crippen MR) is 87.4 cm³/mol. The Morgan fingerprint density at radius 3 is 2.38 bits per heavy atom. The number of sulfonamides is 1. The highest BCUT2D eigenvalue weighted by Gasteiger charge is 2.37. The Bertz CT molecular complexity index is 772. The van der Waals surface area contributed by atoms with Gasteiger partial charge in [-0.3, -0.25) is 0 Å². The van der Waals surface area contributed by atoms with Crippen LogP contribution in [0.15, 0.2) is 46.7 Å². The minimum Gasteiger partial charge on any atom is -0.300 e. The highest BCUT2D eigenvalue weighted by molar-refractivity contribution is 7.89. The van der Waals surface area contributed by atoms with Crippen LogP contribution in [0.2, 0.25) is 0 Å². The van der Waals surface area contributed by atoms with Gasteiger partial charge in [0.1, 0.15) is 0 Å². The van der Waals surface area contributed by atoms with Crippen LogP contribution in [0.3, 0.4) is 0 Å². The van der Waals surface area contributed by atoms with E-state index in [1.165, 1.54) is 17.4 Å². The third-order valence-electron chi connectivity index (χ3n) is 3.44. The van der Waals surface area contributed by atoms with Crippen LogP contribution in [-0.4, -0.2) is 34.0 Å². The topological polar surface area (TPSA) is 49.4 Å². The molecule has 2 aromatic rings. The first-order chi connectivity index (χ1) is 11.1. The molecule has 0 fully saturated rings. The van der Waals surface area contributed by atoms with Gasteiger partial charge in [0.05, 0.1) is 16.5 Å². The number of alkyl halides is 3. The SMILES string of the molecule is CN(C)C(CNS(=O)(=O)c1ccccc1C(F)(F)F)c1cccs1. The molecule has 0 aliphatic carbocycles. The number of nitrogens with zero attached hydrogens (tertiary/aromatic N) is 1. The number of halogens is 3. The maximum Gasteiger partial charge on any atom is 0.417 e. The Hall–Kier alpha value is -1.42. The molecular weight excluding hydrogens is 361 g/mol. The normalized spacial score (nSPS) is 14.1. The van der Waals surface area contributed by atoms with Crippen molar-refractivity contribution in [2.75, 3.05) is 20.6 Å². The molecule has 0 aliphatic heterocycles. The molecule has 0 saturated carbocycles. The van der Waals surface area contributed by atoms with E-state index in [0.29, 0.717) is 0 Å². The van der Waals surface area contributed by atoms with Gasteiger partial charge in [0, 0.05) is 11.4 Å². The Balaban J connectivity index is 2.26. The van der Waals surface area contributed by atoms with Crippen molar-refractivity contribution in [2.24, 2.45) is 0 Å². The van der Waals surface area contributed by atoms with Gasteiger partial charge in [0.2, 0.25) is 10.0 Å². The van der Waals surface area contributed by atoms with Crippen molar-refractivity contribution < 1.29 is 21.6 Å². The minimum absolute atomic E-state index is 0.0258. The smallest absolute Gasteiger partial charge is 0.300 e. The Labute approximate surface area is 143 Å². The van der Waals surface area contributed by atoms with E-state index in [1.54, 1.807) is 14.1 Å². The lowest BCUT2D eigenvalue weighted by atomic mass is 10.2. The molecule has 0 radical (unpaired) electrons. The highest BCUT2D eigenvalue weighted by Crippen LogP contribution is 2.34. The van der Waals surface area contributed by atoms with Gasteiger partial charge in [0.25, 0.3) is 0 Å². The maximum absolute atomic E-state index is 13.0. The summed E-state index contributed by atoms with van der Waals surface area (Å²) < 4.78 is 66.1. The van der Waals surface area contributed by atoms with Crippen molar-refractivity contribution in [1.82, 2.24) is 9.62 Å². The van der Waals surface area contributed by atoms with Crippen LogP contribution in [0.4, 0.5) is 13.2 Å². The summed E-state index contributed by atoms with van der Waals surface area (Å²) in [4.78, 5) is 1.97. The molecule has 0 aliphatic rings. The van der Waals surface area contributed by atoms with Crippen LogP contribution >= 0.6 is 11.3 Å². The number of likely N-dealkylation sites (N-methyl/N-ethyl adjacent to an activating group) is 1. The fraction of sp³-hybridized carbons (Fsp3) is 0.333. The van der Waals surface area contributed by atoms with E-state index < -0.39 is 26.7 Å². The van der Waals surface area contributed by atoms with Crippen molar-refractivity contribution >= 4 is 21.4 Å². The minimum atomic E-state index is -4.74. The summed E-state index contributed by atoms with van der Waals surface area (Å²) in [6, 6.07) is 7.58. The average molecular weight is 378 g/mol. The summed E-state index contributed by atoms with van der Waals surface area (Å²) in [7, 11) is -0.726. The lowest BCUT2D eigenvalue weighted by molar-refractivity contribution is -0.139. The molecule has 1 aromatic heterocycles. The monoisotopic (exact) mass is 378 g/mol. The number of hydrogen-bond donors (Lipinski definition) is 1. The zero-order chi connectivity index (χ0) is 18.0. The molecule has 0 spiro atoms. The summed E-state index contributed by atoms with van der Waals surface area (Å²) in [5.74, 6) is 0. The largest absolute Gasteiger partial charge is 0.417 e. The van der Waals surface area contributed by atoms with Gasteiger partial charge in [-0.05, 0) is 37.7 Å². The van der Waals surface area contributed by atoms with Gasteiger partial charge in [-0.25, -0.2) is 13.1 Å². The molecule has 1 N–H and O–H groups in total. The molecule has 2 rings (SSSR count). The molecule has 0 saturated heterocycles. The number of rotatable bonds is 6. The van der Waals surface area contributed by atoms with Crippen molar-refractivity contribution in [3.63, 3.8) is 0 Å². The number of nitrogens with one attached hydrogen (secondary N) is 1. The zero-order valence-corrected chi connectivity index (χ0v) is 14.7. The second kappa shape index (κ2) is 7.22. The van der Waals surface area contributed by atoms with E-state index in [-0.39, 0.29) is 12.6 Å². The van der Waals surface area contributed by atoms with E-state index >= 15 is 0 Å². The third-order valence-corrected chi connectivity index (χ3v) is 5.90. The van der Waals surface area contributed by atoms with Crippen molar-refractivity contribution in [3.8, 4) is 0 Å². The van der Waals surface area contributed by atoms with E-state index in [9.17, 15) is 21.6 Å². The summed E-state index contributed by atoms with van der Waals surface area (Å²) in [6.07, 6.45) is -4.74. The highest BCUT2D eigenvalue weighted by atomic mass is 32.2. The van der Waals surface area contributed by atoms with Gasteiger partial charge in [-0.2, -0.15) is 13.2 Å². The van der Waals surface area contributed by atoms with Crippen LogP contribution in [0.25, 0.3) is 0 Å². The molecule has 1 atom stereocenters. The third kappa shape index (κ3) is 4.35. The zero-order valence-electron chi connectivity index (χ0n) is 13.0. The molecule has 1 unspecified atom stereocenters. The Morgan fingerprint density at radius 1 is 1.17 bits per heavy atom. The first-order valence-corrected chi connectivity index (χ1v) is 9.35. The first-order valence-electron chi connectivity index (χ1n) is 6.98. The molecule has 24 heavy (non-hydrogen) atoms. The van der Waals surface area contributed by atoms with Crippen LogP contribution in [0.5, 0.6) is 0 Å². The Morgan fingerprint density at radius 2 is 1.83 bits per heavy atom. The van der Waals surface area contributed by atoms with Gasteiger partial charge in [-0.15, -0.1) is 11.3 Å². The predicted octanol–water partition coefficient (Wildman–Crippen LogP) is 3.35. The first kappa shape index (κ1) is 18.9. The molecule has 4 nitrogen and oxygen atoms in total. The summed E-state index contributed by atoms with van der Waals surface area (Å²) in [5, 5.41) is 1.86. The quantitative estimate of drug-likeness (QED) is 0.839. The summed E-state index contributed by atoms with van der Waals surface area (Å²) in [6.45, 7) is -0.0258. The van der Waals surface area contributed by atoms with E-state index in [1.807, 2.05) is 22.4 Å². The van der Waals surface area contributed by atoms with Gasteiger partial charge in [0.15, 0.2) is 0 Å². The summed E-state index contributed by atoms with van der Waals surface area (Å²) in [5.41, 5.74) is -1.17. The lowest BCUT2D eigenvalue weighted by Gasteiger charge is -2.24. The van der Waals surface area contributed by atoms with E-state index in [4.69, 9.17) is 0 Å². The van der Waals surface area contributed by atoms with Gasteiger partial charge in [-0.1, -0.05) is 18.2 Å². The second-order valence-corrected chi connectivity index (χ2v) is 8.06. The molecule has 1 aromatic carbocycles. The average Bonchev–Trinajstić information content (AvgIpc) is 3.00. The van der Waals surface area contributed by atoms with E-state index in [0.717, 1.165) is 23.1 Å². The van der Waals surface area contributed by atoms with Crippen LogP contribution in [-0.2, 0) is 16.2 Å². The van der Waals surface area contributed by atoms with Gasteiger partial charge < -0.3 is 4.90 Å². The standard InChI is InChI=1S/C15H17F3N2O2S2/c1-20(2)12(13-7-5-9-23-13)10-19-24(21,22)14-8-4-3-6-11(14)15(16,17)18/h3-9,12,19H,10H2,1-2H3. The Kier molecular flexibility index (Phi) is 5.69. The molecule has 0 amide bonds.